The molecule has 146 valence electrons. The van der Waals surface area contributed by atoms with Crippen molar-refractivity contribution >= 4 is 24.8 Å². The van der Waals surface area contributed by atoms with Crippen molar-refractivity contribution in [3.05, 3.63) is 35.9 Å². The van der Waals surface area contributed by atoms with Crippen LogP contribution in [0.25, 0.3) is 0 Å². The maximum Gasteiger partial charge on any atom is 0.475 e. The molecule has 1 fully saturated rings. The van der Waals surface area contributed by atoms with E-state index in [2.05, 4.69) is 5.32 Å². The van der Waals surface area contributed by atoms with Gasteiger partial charge in [0.15, 0.2) is 0 Å². The number of imide groups is 1. The predicted octanol–water partition coefficient (Wildman–Crippen LogP) is -0.330. The van der Waals surface area contributed by atoms with Crippen molar-refractivity contribution in [2.75, 3.05) is 13.7 Å². The Hall–Kier alpha value is -2.23. The maximum absolute atomic E-state index is 12.6. The van der Waals surface area contributed by atoms with Crippen molar-refractivity contribution in [1.29, 1.82) is 0 Å². The van der Waals surface area contributed by atoms with Crippen LogP contribution in [0.4, 0.5) is 0 Å². The summed E-state index contributed by atoms with van der Waals surface area (Å²) in [6, 6.07) is 8.60. The lowest BCUT2D eigenvalue weighted by Gasteiger charge is -2.27. The van der Waals surface area contributed by atoms with Gasteiger partial charge in [0, 0.05) is 20.0 Å². The van der Waals surface area contributed by atoms with Gasteiger partial charge in [0.2, 0.25) is 17.7 Å². The molecule has 0 radical (unpaired) electrons. The van der Waals surface area contributed by atoms with Crippen LogP contribution in [0, 0.1) is 0 Å². The van der Waals surface area contributed by atoms with Crippen LogP contribution in [-0.4, -0.2) is 65.5 Å². The summed E-state index contributed by atoms with van der Waals surface area (Å²) in [5.41, 5.74) is 1.11. The fourth-order valence-corrected chi connectivity index (χ4v) is 3.11. The molecule has 0 spiro atoms. The highest BCUT2D eigenvalue weighted by Crippen LogP contribution is 2.16. The van der Waals surface area contributed by atoms with Gasteiger partial charge >= 0.3 is 7.12 Å². The highest BCUT2D eigenvalue weighted by molar-refractivity contribution is 6.43. The molecule has 9 heteroatoms. The molecular weight excluding hydrogens is 351 g/mol. The highest BCUT2D eigenvalue weighted by atomic mass is 16.5. The summed E-state index contributed by atoms with van der Waals surface area (Å²) < 4.78 is 4.98. The van der Waals surface area contributed by atoms with Gasteiger partial charge in [0.05, 0.1) is 12.5 Å². The highest BCUT2D eigenvalue weighted by Gasteiger charge is 2.40. The average Bonchev–Trinajstić information content (AvgIpc) is 2.98. The molecule has 0 aliphatic carbocycles. The maximum atomic E-state index is 12.6. The molecule has 1 aromatic rings. The summed E-state index contributed by atoms with van der Waals surface area (Å²) in [7, 11) is -0.387. The second-order valence-corrected chi connectivity index (χ2v) is 6.54. The van der Waals surface area contributed by atoms with Gasteiger partial charge in [0.1, 0.15) is 6.04 Å². The van der Waals surface area contributed by atoms with Gasteiger partial charge in [-0.05, 0) is 24.8 Å². The number of methoxy groups -OCH3 is 1. The third-order valence-electron chi connectivity index (χ3n) is 4.54. The Morgan fingerprint density at radius 1 is 1.22 bits per heavy atom. The zero-order valence-corrected chi connectivity index (χ0v) is 15.3. The number of likely N-dealkylation sites (tertiary alicyclic amines) is 1. The molecule has 3 N–H and O–H groups in total. The Kier molecular flexibility index (Phi) is 7.96. The second kappa shape index (κ2) is 10.2. The zero-order valence-electron chi connectivity index (χ0n) is 15.3. The quantitative estimate of drug-likeness (QED) is 0.380. The van der Waals surface area contributed by atoms with Gasteiger partial charge in [-0.1, -0.05) is 30.3 Å². The van der Waals surface area contributed by atoms with E-state index in [1.54, 1.807) is 0 Å². The first kappa shape index (κ1) is 21.1. The lowest BCUT2D eigenvalue weighted by Crippen LogP contribution is -2.56. The predicted molar refractivity (Wildman–Crippen MR) is 98.3 cm³/mol. The number of amides is 3. The first-order valence-corrected chi connectivity index (χ1v) is 8.98. The summed E-state index contributed by atoms with van der Waals surface area (Å²) in [4.78, 5) is 37.4. The number of ether oxygens (including phenoxy) is 1. The van der Waals surface area contributed by atoms with Crippen LogP contribution in [0.15, 0.2) is 30.3 Å². The van der Waals surface area contributed by atoms with Gasteiger partial charge in [-0.2, -0.15) is 0 Å². The third-order valence-corrected chi connectivity index (χ3v) is 4.54. The standard InChI is InChI=1S/C18H25BN2O6/c1-27-12-14(21-16(22)10-11-17(21)23)18(24)20-15(19(25)26)9-5-8-13-6-3-2-4-7-13/h2-4,6-7,14-15,25-26H,5,8-12H2,1H3,(H,20,24)/t14?,15-/m0/s1. The van der Waals surface area contributed by atoms with Crippen LogP contribution in [0.5, 0.6) is 0 Å². The fraction of sp³-hybridized carbons (Fsp3) is 0.500. The van der Waals surface area contributed by atoms with E-state index in [1.807, 2.05) is 30.3 Å². The van der Waals surface area contributed by atoms with E-state index in [1.165, 1.54) is 7.11 Å². The van der Waals surface area contributed by atoms with Crippen LogP contribution >= 0.6 is 0 Å². The molecule has 1 aliphatic heterocycles. The number of aryl methyl sites for hydroxylation is 1. The average molecular weight is 376 g/mol. The molecule has 1 saturated heterocycles. The minimum absolute atomic E-state index is 0.0649. The Morgan fingerprint density at radius 2 is 1.85 bits per heavy atom. The van der Waals surface area contributed by atoms with Crippen molar-refractivity contribution < 1.29 is 29.2 Å². The van der Waals surface area contributed by atoms with E-state index in [9.17, 15) is 24.4 Å². The minimum Gasteiger partial charge on any atom is -0.426 e. The van der Waals surface area contributed by atoms with Gasteiger partial charge in [-0.15, -0.1) is 0 Å². The lowest BCUT2D eigenvalue weighted by atomic mass is 9.76. The number of nitrogens with one attached hydrogen (secondary N) is 1. The number of rotatable bonds is 10. The topological polar surface area (TPSA) is 116 Å². The number of benzene rings is 1. The Labute approximate surface area is 158 Å². The van der Waals surface area contributed by atoms with Crippen LogP contribution in [0.3, 0.4) is 0 Å². The molecule has 1 aromatic carbocycles. The Balaban J connectivity index is 1.96. The first-order chi connectivity index (χ1) is 12.9. The normalized spacial score (nSPS) is 16.3. The summed E-state index contributed by atoms with van der Waals surface area (Å²) >= 11 is 0. The largest absolute Gasteiger partial charge is 0.475 e. The van der Waals surface area contributed by atoms with Crippen LogP contribution < -0.4 is 5.32 Å². The van der Waals surface area contributed by atoms with Crippen molar-refractivity contribution in [3.63, 3.8) is 0 Å². The molecule has 0 saturated carbocycles. The molecule has 0 bridgehead atoms. The number of carbonyl (C=O) groups excluding carboxylic acids is 3. The summed E-state index contributed by atoms with van der Waals surface area (Å²) in [5.74, 6) is -2.41. The van der Waals surface area contributed by atoms with E-state index < -0.39 is 36.8 Å². The molecule has 1 heterocycles. The zero-order chi connectivity index (χ0) is 19.8. The summed E-state index contributed by atoms with van der Waals surface area (Å²) in [6.45, 7) is -0.151. The van der Waals surface area contributed by atoms with E-state index in [0.29, 0.717) is 12.8 Å². The number of nitrogens with zero attached hydrogens (tertiary/aromatic N) is 1. The Morgan fingerprint density at radius 3 is 2.41 bits per heavy atom. The SMILES string of the molecule is COCC(C(=O)N[C@@H](CCCc1ccccc1)B(O)O)N1C(=O)CCC1=O. The smallest absolute Gasteiger partial charge is 0.426 e. The summed E-state index contributed by atoms with van der Waals surface area (Å²) in [6.07, 6.45) is 1.82. The molecule has 8 nitrogen and oxygen atoms in total. The van der Waals surface area contributed by atoms with Crippen molar-refractivity contribution in [2.24, 2.45) is 0 Å². The minimum atomic E-state index is -1.75. The molecule has 2 rings (SSSR count). The molecule has 1 aliphatic rings. The Bertz CT molecular complexity index is 639. The molecule has 1 unspecified atom stereocenters. The van der Waals surface area contributed by atoms with E-state index in [-0.39, 0.29) is 19.4 Å². The van der Waals surface area contributed by atoms with Gasteiger partial charge in [-0.25, -0.2) is 0 Å². The monoisotopic (exact) mass is 376 g/mol. The van der Waals surface area contributed by atoms with Crippen LogP contribution in [0.1, 0.15) is 31.2 Å². The van der Waals surface area contributed by atoms with Crippen molar-refractivity contribution in [2.45, 2.75) is 44.1 Å². The lowest BCUT2D eigenvalue weighted by molar-refractivity contribution is -0.148. The number of carbonyl (C=O) groups is 3. The van der Waals surface area contributed by atoms with Crippen molar-refractivity contribution in [3.8, 4) is 0 Å². The van der Waals surface area contributed by atoms with E-state index in [4.69, 9.17) is 4.74 Å². The van der Waals surface area contributed by atoms with Gasteiger partial charge in [-0.3, -0.25) is 19.3 Å². The van der Waals surface area contributed by atoms with Gasteiger partial charge < -0.3 is 20.1 Å². The number of hydrogen-bond acceptors (Lipinski definition) is 6. The fourth-order valence-electron chi connectivity index (χ4n) is 3.11. The van der Waals surface area contributed by atoms with E-state index >= 15 is 0 Å². The van der Waals surface area contributed by atoms with Crippen molar-refractivity contribution in [1.82, 2.24) is 10.2 Å². The first-order valence-electron chi connectivity index (χ1n) is 8.98. The summed E-state index contributed by atoms with van der Waals surface area (Å²) in [5, 5.41) is 21.7. The third kappa shape index (κ3) is 5.88. The number of hydrogen-bond donors (Lipinski definition) is 3. The second-order valence-electron chi connectivity index (χ2n) is 6.54. The molecular formula is C18H25BN2O6. The molecule has 2 atom stereocenters. The van der Waals surface area contributed by atoms with E-state index in [0.717, 1.165) is 16.9 Å². The van der Waals surface area contributed by atoms with Crippen LogP contribution in [0.2, 0.25) is 0 Å². The van der Waals surface area contributed by atoms with Gasteiger partial charge in [0.25, 0.3) is 0 Å². The molecule has 27 heavy (non-hydrogen) atoms. The molecule has 0 aromatic heterocycles. The van der Waals surface area contributed by atoms with Crippen LogP contribution in [-0.2, 0) is 25.5 Å². The molecule has 3 amide bonds.